The molecule has 0 bridgehead atoms. The van der Waals surface area contributed by atoms with E-state index in [1.807, 2.05) is 0 Å². The summed E-state index contributed by atoms with van der Waals surface area (Å²) in [6.07, 6.45) is 8.12. The Morgan fingerprint density at radius 1 is 0.774 bits per heavy atom. The Morgan fingerprint density at radius 3 is 2.16 bits per heavy atom. The topological polar surface area (TPSA) is 0 Å². The number of fused-ring (bicyclic) bond motifs is 1. The summed E-state index contributed by atoms with van der Waals surface area (Å²) in [5.74, 6) is 0. The predicted molar refractivity (Wildman–Crippen MR) is 133 cm³/mol. The monoisotopic (exact) mass is 525 g/mol. The molecule has 1 unspecified atom stereocenters. The molecule has 159 valence electrons. The van der Waals surface area contributed by atoms with Crippen LogP contribution in [0.4, 0.5) is 0 Å². The second-order valence-electron chi connectivity index (χ2n) is 8.31. The van der Waals surface area contributed by atoms with Gasteiger partial charge in [0.15, 0.2) is 0 Å². The first-order chi connectivity index (χ1) is 15.2. The molecule has 0 amide bonds. The SMILES string of the molecule is CCCCC1=Cc2c(ccc(CCC)c2-c2ccccc2-c2ccccc2)[CH]1[Zr]([Cl])[Cl]. The molecule has 0 saturated heterocycles. The number of unbranched alkanes of at least 4 members (excludes halogenated alkanes) is 1. The molecule has 0 nitrogen and oxygen atoms in total. The third kappa shape index (κ3) is 4.80. The van der Waals surface area contributed by atoms with Crippen molar-refractivity contribution in [3.8, 4) is 22.3 Å². The van der Waals surface area contributed by atoms with Gasteiger partial charge in [-0.15, -0.1) is 0 Å². The maximum absolute atomic E-state index is 6.73. The van der Waals surface area contributed by atoms with Crippen molar-refractivity contribution in [1.29, 1.82) is 0 Å². The standard InChI is InChI=1S/C28H29.2ClH.Zr/c1-3-5-12-21-19-24-18-17-23(11-4-2)28(27(24)20-21)26-16-10-9-15-25(26)22-13-7-6-8-14-22;;;/h6-10,13-20H,3-5,11-12H2,1-2H3;2*1H;/q;;;+2/p-2. The molecule has 0 N–H and O–H groups in total. The van der Waals surface area contributed by atoms with Gasteiger partial charge in [0.1, 0.15) is 0 Å². The van der Waals surface area contributed by atoms with E-state index in [1.165, 1.54) is 57.4 Å². The van der Waals surface area contributed by atoms with Crippen LogP contribution in [0.5, 0.6) is 0 Å². The Bertz CT molecular complexity index is 1070. The molecule has 0 heterocycles. The molecule has 31 heavy (non-hydrogen) atoms. The molecule has 3 aromatic carbocycles. The van der Waals surface area contributed by atoms with Crippen LogP contribution in [0.15, 0.2) is 72.3 Å². The van der Waals surface area contributed by atoms with Crippen molar-refractivity contribution in [1.82, 2.24) is 0 Å². The number of hydrogen-bond donors (Lipinski definition) is 0. The molecule has 1 aliphatic rings. The Hall–Kier alpha value is -1.14. The van der Waals surface area contributed by atoms with Gasteiger partial charge in [0, 0.05) is 0 Å². The summed E-state index contributed by atoms with van der Waals surface area (Å²) in [6.45, 7) is 4.51. The second-order valence-corrected chi connectivity index (χ2v) is 17.1. The van der Waals surface area contributed by atoms with E-state index >= 15 is 0 Å². The first-order valence-corrected chi connectivity index (χ1v) is 19.1. The van der Waals surface area contributed by atoms with Gasteiger partial charge in [-0.2, -0.15) is 0 Å². The summed E-state index contributed by atoms with van der Waals surface area (Å²) in [5, 5.41) is 0. The molecule has 0 saturated carbocycles. The number of hydrogen-bond acceptors (Lipinski definition) is 0. The first kappa shape index (κ1) is 23.0. The van der Waals surface area contributed by atoms with Crippen molar-refractivity contribution in [2.75, 3.05) is 0 Å². The average molecular weight is 528 g/mol. The van der Waals surface area contributed by atoms with Crippen LogP contribution in [0, 0.1) is 0 Å². The van der Waals surface area contributed by atoms with E-state index < -0.39 is 19.4 Å². The fourth-order valence-corrected chi connectivity index (χ4v) is 10.3. The van der Waals surface area contributed by atoms with Gasteiger partial charge < -0.3 is 0 Å². The molecule has 3 aromatic rings. The summed E-state index contributed by atoms with van der Waals surface area (Å²) < 4.78 is 0.283. The van der Waals surface area contributed by atoms with E-state index in [0.29, 0.717) is 0 Å². The van der Waals surface area contributed by atoms with Crippen LogP contribution in [0.25, 0.3) is 28.3 Å². The van der Waals surface area contributed by atoms with Gasteiger partial charge in [-0.3, -0.25) is 0 Å². The minimum atomic E-state index is -2.51. The number of allylic oxidation sites excluding steroid dienone is 1. The van der Waals surface area contributed by atoms with Crippen LogP contribution in [-0.4, -0.2) is 0 Å². The van der Waals surface area contributed by atoms with Crippen molar-refractivity contribution < 1.29 is 19.4 Å². The van der Waals surface area contributed by atoms with Crippen molar-refractivity contribution in [3.63, 3.8) is 0 Å². The van der Waals surface area contributed by atoms with Crippen LogP contribution in [0.1, 0.15) is 59.8 Å². The van der Waals surface area contributed by atoms with Crippen molar-refractivity contribution in [2.45, 2.75) is 49.6 Å². The zero-order valence-corrected chi connectivity index (χ0v) is 22.3. The van der Waals surface area contributed by atoms with Gasteiger partial charge in [0.25, 0.3) is 0 Å². The summed E-state index contributed by atoms with van der Waals surface area (Å²) in [5.41, 5.74) is 10.9. The summed E-state index contributed by atoms with van der Waals surface area (Å²) in [4.78, 5) is 0. The van der Waals surface area contributed by atoms with Crippen LogP contribution >= 0.6 is 17.0 Å². The molecule has 1 atom stereocenters. The van der Waals surface area contributed by atoms with E-state index in [4.69, 9.17) is 17.0 Å². The van der Waals surface area contributed by atoms with Crippen LogP contribution in [-0.2, 0) is 25.8 Å². The van der Waals surface area contributed by atoms with Gasteiger partial charge in [-0.05, 0) is 0 Å². The van der Waals surface area contributed by atoms with E-state index in [1.54, 1.807) is 0 Å². The maximum atomic E-state index is 6.73. The predicted octanol–water partition coefficient (Wildman–Crippen LogP) is 9.53. The molecule has 0 aliphatic heterocycles. The Morgan fingerprint density at radius 2 is 1.48 bits per heavy atom. The number of rotatable bonds is 8. The Kier molecular flexibility index (Phi) is 7.92. The Labute approximate surface area is 202 Å². The fraction of sp³-hybridized carbons (Fsp3) is 0.286. The van der Waals surface area contributed by atoms with Crippen molar-refractivity contribution >= 4 is 23.1 Å². The van der Waals surface area contributed by atoms with Gasteiger partial charge in [-0.1, -0.05) is 0 Å². The quantitative estimate of drug-likeness (QED) is 0.274. The van der Waals surface area contributed by atoms with E-state index in [9.17, 15) is 0 Å². The van der Waals surface area contributed by atoms with Gasteiger partial charge in [-0.25, -0.2) is 0 Å². The molecular weight excluding hydrogens is 498 g/mol. The van der Waals surface area contributed by atoms with Crippen molar-refractivity contribution in [3.05, 3.63) is 89.0 Å². The summed E-state index contributed by atoms with van der Waals surface area (Å²) in [7, 11) is 13.5. The normalized spacial score (nSPS) is 15.0. The van der Waals surface area contributed by atoms with Crippen LogP contribution in [0.3, 0.4) is 0 Å². The van der Waals surface area contributed by atoms with E-state index in [-0.39, 0.29) is 3.63 Å². The van der Waals surface area contributed by atoms with E-state index in [0.717, 1.165) is 19.3 Å². The van der Waals surface area contributed by atoms with Gasteiger partial charge >= 0.3 is 203 Å². The van der Waals surface area contributed by atoms with E-state index in [2.05, 4.69) is 86.7 Å². The second kappa shape index (κ2) is 10.7. The number of aryl methyl sites for hydroxylation is 1. The van der Waals surface area contributed by atoms with Gasteiger partial charge in [0.05, 0.1) is 0 Å². The zero-order chi connectivity index (χ0) is 21.8. The average Bonchev–Trinajstić information content (AvgIpc) is 3.17. The molecule has 4 rings (SSSR count). The van der Waals surface area contributed by atoms with Crippen LogP contribution in [0.2, 0.25) is 0 Å². The zero-order valence-electron chi connectivity index (χ0n) is 18.3. The third-order valence-electron chi connectivity index (χ3n) is 6.21. The molecule has 0 spiro atoms. The van der Waals surface area contributed by atoms with Crippen molar-refractivity contribution in [2.24, 2.45) is 0 Å². The summed E-state index contributed by atoms with van der Waals surface area (Å²) >= 11 is -2.51. The molecule has 1 aliphatic carbocycles. The minimum absolute atomic E-state index is 0.283. The Balaban J connectivity index is 1.95. The molecule has 0 fully saturated rings. The molecular formula is C28H29Cl2Zr. The number of halogens is 2. The molecule has 0 aromatic heterocycles. The molecule has 3 heteroatoms. The third-order valence-corrected chi connectivity index (χ3v) is 11.5. The van der Waals surface area contributed by atoms with Crippen LogP contribution < -0.4 is 0 Å². The fourth-order valence-electron chi connectivity index (χ4n) is 4.78. The van der Waals surface area contributed by atoms with Gasteiger partial charge in [0.2, 0.25) is 0 Å². The number of benzene rings is 3. The molecule has 0 radical (unpaired) electrons. The summed E-state index contributed by atoms with van der Waals surface area (Å²) in [6, 6.07) is 24.2. The first-order valence-electron chi connectivity index (χ1n) is 11.3.